The molecule has 0 bridgehead atoms. The average molecular weight is 743 g/mol. The molecular weight excluding hydrogens is 695 g/mol. The molecule has 0 heterocycles. The number of benzene rings is 4. The molecule has 0 amide bonds. The number of rotatable bonds is 6. The molecular formula is C43H48Hf. The van der Waals surface area contributed by atoms with Gasteiger partial charge in [-0.2, -0.15) is 0 Å². The van der Waals surface area contributed by atoms with Crippen LogP contribution in [0, 0.1) is 0 Å². The van der Waals surface area contributed by atoms with Crippen LogP contribution in [0.25, 0.3) is 34.4 Å². The summed E-state index contributed by atoms with van der Waals surface area (Å²) in [5.41, 5.74) is 14.4. The SMILES string of the molecule is CC(C)c1cccc(-c2cccc3c2C=C[CH]3[Hf]([CH3])([CH3])(=[C]2CCCC2)[CH]2C=Cc3c(-c4cccc(C(C)C)c4)cccc32)c1. The molecule has 4 aromatic rings. The Kier molecular flexibility index (Phi) is 7.56. The fraction of sp³-hybridized carbons (Fsp3) is 0.326. The Morgan fingerprint density at radius 3 is 1.43 bits per heavy atom. The average Bonchev–Trinajstić information content (AvgIpc) is 3.81. The summed E-state index contributed by atoms with van der Waals surface area (Å²) in [6.07, 6.45) is 15.7. The Morgan fingerprint density at radius 2 is 1.00 bits per heavy atom. The van der Waals surface area contributed by atoms with Gasteiger partial charge in [-0.1, -0.05) is 0 Å². The van der Waals surface area contributed by atoms with Gasteiger partial charge in [0.15, 0.2) is 0 Å². The monoisotopic (exact) mass is 744 g/mol. The van der Waals surface area contributed by atoms with Gasteiger partial charge in [-0.3, -0.25) is 0 Å². The molecule has 7 rings (SSSR count). The van der Waals surface area contributed by atoms with E-state index in [1.54, 1.807) is 11.1 Å². The zero-order valence-electron chi connectivity index (χ0n) is 27.5. The van der Waals surface area contributed by atoms with Gasteiger partial charge in [-0.25, -0.2) is 0 Å². The number of allylic oxidation sites excluding steroid dienone is 2. The molecule has 0 radical (unpaired) electrons. The quantitative estimate of drug-likeness (QED) is 0.173. The zero-order chi connectivity index (χ0) is 30.7. The van der Waals surface area contributed by atoms with Crippen molar-refractivity contribution in [2.24, 2.45) is 0 Å². The second-order valence-corrected chi connectivity index (χ2v) is 41.0. The normalized spacial score (nSPS) is 19.3. The zero-order valence-corrected chi connectivity index (χ0v) is 31.1. The minimum atomic E-state index is -3.93. The summed E-state index contributed by atoms with van der Waals surface area (Å²) >= 11 is -3.93. The minimum absolute atomic E-state index is 0.525. The first-order valence-corrected chi connectivity index (χ1v) is 30.2. The number of fused-ring (bicyclic) bond motifs is 2. The molecule has 0 N–H and O–H groups in total. The van der Waals surface area contributed by atoms with Crippen molar-refractivity contribution >= 4 is 15.4 Å². The molecule has 0 aromatic heterocycles. The Balaban J connectivity index is 1.38. The van der Waals surface area contributed by atoms with E-state index < -0.39 is 18.0 Å². The van der Waals surface area contributed by atoms with Gasteiger partial charge in [0.1, 0.15) is 0 Å². The fourth-order valence-corrected chi connectivity index (χ4v) is 34.2. The molecule has 3 aliphatic rings. The van der Waals surface area contributed by atoms with E-state index in [2.05, 4.69) is 146 Å². The van der Waals surface area contributed by atoms with Gasteiger partial charge in [0.05, 0.1) is 0 Å². The van der Waals surface area contributed by atoms with Crippen LogP contribution >= 0.6 is 0 Å². The van der Waals surface area contributed by atoms with Gasteiger partial charge in [-0.15, -0.1) is 0 Å². The molecule has 224 valence electrons. The molecule has 0 spiro atoms. The van der Waals surface area contributed by atoms with E-state index in [1.807, 2.05) is 3.26 Å². The summed E-state index contributed by atoms with van der Waals surface area (Å²) < 4.78 is 8.69. The van der Waals surface area contributed by atoms with E-state index in [1.165, 1.54) is 70.2 Å². The molecule has 4 aromatic carbocycles. The van der Waals surface area contributed by atoms with Crippen molar-refractivity contribution in [3.8, 4) is 22.3 Å². The van der Waals surface area contributed by atoms with E-state index in [-0.39, 0.29) is 0 Å². The Hall–Kier alpha value is -2.90. The van der Waals surface area contributed by atoms with Crippen molar-refractivity contribution in [1.29, 1.82) is 0 Å². The topological polar surface area (TPSA) is 0 Å². The molecule has 2 atom stereocenters. The summed E-state index contributed by atoms with van der Waals surface area (Å²) in [4.78, 5) is 0. The van der Waals surface area contributed by atoms with Gasteiger partial charge in [0.2, 0.25) is 0 Å². The van der Waals surface area contributed by atoms with Crippen LogP contribution in [0.2, 0.25) is 9.36 Å². The van der Waals surface area contributed by atoms with Crippen molar-refractivity contribution in [2.75, 3.05) is 0 Å². The van der Waals surface area contributed by atoms with Crippen LogP contribution in [-0.4, -0.2) is 3.26 Å². The van der Waals surface area contributed by atoms with Gasteiger partial charge < -0.3 is 0 Å². The van der Waals surface area contributed by atoms with E-state index in [4.69, 9.17) is 0 Å². The second kappa shape index (κ2) is 11.2. The number of hydrogen-bond acceptors (Lipinski definition) is 0. The molecule has 0 aliphatic heterocycles. The first-order valence-electron chi connectivity index (χ1n) is 17.0. The molecule has 3 aliphatic carbocycles. The Bertz CT molecular complexity index is 1750. The third-order valence-electron chi connectivity index (χ3n) is 11.8. The standard InChI is InChI=1S/2C18H17.C5H8.2CH3.Hf/c2*1-13(2)15-8-3-9-16(12-15)18-11-5-7-14-6-4-10-17(14)18;1-2-4-5-3-1;;;/h2*3-13H,1-2H3;1-4H2;2*1H3;. The van der Waals surface area contributed by atoms with Crippen LogP contribution in [0.3, 0.4) is 0 Å². The third-order valence-corrected chi connectivity index (χ3v) is 39.0. The van der Waals surface area contributed by atoms with Crippen molar-refractivity contribution in [3.63, 3.8) is 0 Å². The van der Waals surface area contributed by atoms with Crippen LogP contribution in [0.15, 0.2) is 97.1 Å². The predicted octanol–water partition coefficient (Wildman–Crippen LogP) is 12.6. The Morgan fingerprint density at radius 1 is 0.568 bits per heavy atom. The fourth-order valence-electron chi connectivity index (χ4n) is 9.08. The van der Waals surface area contributed by atoms with Crippen LogP contribution in [-0.2, 0) is 18.0 Å². The van der Waals surface area contributed by atoms with Gasteiger partial charge >= 0.3 is 268 Å². The number of hydrogen-bond donors (Lipinski definition) is 0. The van der Waals surface area contributed by atoms with Crippen LogP contribution in [0.1, 0.15) is 106 Å². The molecule has 2 unspecified atom stereocenters. The summed E-state index contributed by atoms with van der Waals surface area (Å²) in [6.45, 7) is 9.18. The van der Waals surface area contributed by atoms with Crippen molar-refractivity contribution < 1.29 is 18.0 Å². The van der Waals surface area contributed by atoms with E-state index >= 15 is 0 Å². The van der Waals surface area contributed by atoms with Crippen LogP contribution in [0.4, 0.5) is 0 Å². The first-order chi connectivity index (χ1) is 21.2. The third kappa shape index (κ3) is 4.68. The first kappa shape index (κ1) is 29.8. The molecule has 1 saturated carbocycles. The van der Waals surface area contributed by atoms with Crippen molar-refractivity contribution in [2.45, 2.75) is 81.9 Å². The maximum absolute atomic E-state index is 3.93. The predicted molar refractivity (Wildman–Crippen MR) is 191 cm³/mol. The van der Waals surface area contributed by atoms with Gasteiger partial charge in [-0.05, 0) is 0 Å². The molecule has 1 heteroatoms. The van der Waals surface area contributed by atoms with E-state index in [9.17, 15) is 0 Å². The summed E-state index contributed by atoms with van der Waals surface area (Å²) in [7, 11) is 0. The van der Waals surface area contributed by atoms with Crippen molar-refractivity contribution in [3.05, 3.63) is 130 Å². The van der Waals surface area contributed by atoms with Crippen LogP contribution in [0.5, 0.6) is 0 Å². The van der Waals surface area contributed by atoms with E-state index in [0.717, 1.165) is 0 Å². The summed E-state index contributed by atoms with van der Waals surface area (Å²) in [5, 5.41) is 0. The molecule has 0 saturated heterocycles. The summed E-state index contributed by atoms with van der Waals surface area (Å²) in [6, 6.07) is 32.8. The maximum atomic E-state index is 2.84. The molecule has 0 nitrogen and oxygen atoms in total. The molecule has 1 fully saturated rings. The van der Waals surface area contributed by atoms with Crippen molar-refractivity contribution in [1.82, 2.24) is 0 Å². The van der Waals surface area contributed by atoms with E-state index in [0.29, 0.717) is 19.2 Å². The second-order valence-electron chi connectivity index (χ2n) is 15.3. The van der Waals surface area contributed by atoms with Gasteiger partial charge in [0.25, 0.3) is 0 Å². The molecule has 44 heavy (non-hydrogen) atoms. The van der Waals surface area contributed by atoms with Gasteiger partial charge in [0, 0.05) is 0 Å². The summed E-state index contributed by atoms with van der Waals surface area (Å²) in [5.74, 6) is 1.05. The van der Waals surface area contributed by atoms with Crippen LogP contribution < -0.4 is 0 Å². The Labute approximate surface area is 266 Å².